The van der Waals surface area contributed by atoms with Gasteiger partial charge in [-0.1, -0.05) is 55.3 Å². The summed E-state index contributed by atoms with van der Waals surface area (Å²) in [6.45, 7) is 2.19. The zero-order chi connectivity index (χ0) is 14.5. The summed E-state index contributed by atoms with van der Waals surface area (Å²) in [5, 5.41) is 0.756. The maximum Gasteiger partial charge on any atom is 0.0710 e. The monoisotopic (exact) mass is 400 g/mol. The zero-order valence-electron chi connectivity index (χ0n) is 11.4. The topological polar surface area (TPSA) is 38.0 Å². The summed E-state index contributed by atoms with van der Waals surface area (Å²) in [5.41, 5.74) is 6.44. The van der Waals surface area contributed by atoms with Crippen molar-refractivity contribution >= 4 is 34.2 Å². The van der Waals surface area contributed by atoms with E-state index >= 15 is 0 Å². The molecule has 0 bridgehead atoms. The van der Waals surface area contributed by atoms with Gasteiger partial charge < -0.3 is 0 Å². The van der Waals surface area contributed by atoms with Gasteiger partial charge in [0.25, 0.3) is 0 Å². The van der Waals surface area contributed by atoms with E-state index in [1.54, 1.807) is 0 Å². The molecular weight excluding hydrogens is 383 g/mol. The molecule has 0 aliphatic rings. The van der Waals surface area contributed by atoms with Crippen molar-refractivity contribution in [3.8, 4) is 0 Å². The Balaban J connectivity index is 2.29. The highest BCUT2D eigenvalue weighted by Crippen LogP contribution is 2.27. The largest absolute Gasteiger partial charge is 0.271 e. The van der Waals surface area contributed by atoms with Crippen molar-refractivity contribution in [3.63, 3.8) is 0 Å². The SMILES string of the molecule is CCCc1ccc(C(NN)c2ccc(I)c(Cl)c2)cc1. The molecule has 0 fully saturated rings. The van der Waals surface area contributed by atoms with Crippen molar-refractivity contribution in [3.05, 3.63) is 67.7 Å². The first-order valence-electron chi connectivity index (χ1n) is 6.65. The molecule has 2 aromatic rings. The van der Waals surface area contributed by atoms with Gasteiger partial charge in [-0.2, -0.15) is 0 Å². The first kappa shape index (κ1) is 15.8. The highest BCUT2D eigenvalue weighted by atomic mass is 127. The van der Waals surface area contributed by atoms with Crippen LogP contribution >= 0.6 is 34.2 Å². The van der Waals surface area contributed by atoms with E-state index in [9.17, 15) is 0 Å². The van der Waals surface area contributed by atoms with E-state index in [0.29, 0.717) is 0 Å². The molecule has 0 aromatic heterocycles. The smallest absolute Gasteiger partial charge is 0.0710 e. The average Bonchev–Trinajstić information content (AvgIpc) is 2.46. The van der Waals surface area contributed by atoms with Crippen molar-refractivity contribution in [2.45, 2.75) is 25.8 Å². The Morgan fingerprint density at radius 2 is 1.80 bits per heavy atom. The van der Waals surface area contributed by atoms with E-state index in [0.717, 1.165) is 32.6 Å². The molecule has 0 aliphatic heterocycles. The van der Waals surface area contributed by atoms with E-state index in [1.807, 2.05) is 12.1 Å². The molecule has 0 spiro atoms. The van der Waals surface area contributed by atoms with Crippen LogP contribution in [0.1, 0.15) is 36.1 Å². The van der Waals surface area contributed by atoms with Crippen molar-refractivity contribution in [2.75, 3.05) is 0 Å². The number of halogens is 2. The highest BCUT2D eigenvalue weighted by Gasteiger charge is 2.13. The van der Waals surface area contributed by atoms with Gasteiger partial charge in [0.2, 0.25) is 0 Å². The van der Waals surface area contributed by atoms with Crippen LogP contribution in [0.15, 0.2) is 42.5 Å². The first-order valence-corrected chi connectivity index (χ1v) is 8.11. The summed E-state index contributed by atoms with van der Waals surface area (Å²) in [5.74, 6) is 5.73. The Morgan fingerprint density at radius 1 is 1.15 bits per heavy atom. The Labute approximate surface area is 138 Å². The minimum absolute atomic E-state index is 0.0415. The fraction of sp³-hybridized carbons (Fsp3) is 0.250. The van der Waals surface area contributed by atoms with Gasteiger partial charge in [-0.3, -0.25) is 5.84 Å². The molecule has 2 rings (SSSR count). The van der Waals surface area contributed by atoms with Crippen molar-refractivity contribution in [1.29, 1.82) is 0 Å². The second-order valence-corrected chi connectivity index (χ2v) is 6.33. The lowest BCUT2D eigenvalue weighted by atomic mass is 9.97. The van der Waals surface area contributed by atoms with Crippen LogP contribution in [0.25, 0.3) is 0 Å². The molecule has 1 unspecified atom stereocenters. The molecule has 2 nitrogen and oxygen atoms in total. The van der Waals surface area contributed by atoms with Gasteiger partial charge in [-0.05, 0) is 57.8 Å². The summed E-state index contributed by atoms with van der Waals surface area (Å²) in [6, 6.07) is 14.6. The predicted molar refractivity (Wildman–Crippen MR) is 93.8 cm³/mol. The van der Waals surface area contributed by atoms with Gasteiger partial charge in [-0.15, -0.1) is 0 Å². The Morgan fingerprint density at radius 3 is 2.35 bits per heavy atom. The van der Waals surface area contributed by atoms with Crippen molar-refractivity contribution in [2.24, 2.45) is 5.84 Å². The van der Waals surface area contributed by atoms with Gasteiger partial charge in [-0.25, -0.2) is 5.43 Å². The first-order chi connectivity index (χ1) is 9.65. The Bertz CT molecular complexity index is 569. The second kappa shape index (κ2) is 7.41. The Hall–Kier alpha value is -0.620. The van der Waals surface area contributed by atoms with E-state index in [-0.39, 0.29) is 6.04 Å². The molecule has 4 heteroatoms. The fourth-order valence-corrected chi connectivity index (χ4v) is 2.77. The molecule has 3 N–H and O–H groups in total. The number of nitrogens with two attached hydrogens (primary N) is 1. The zero-order valence-corrected chi connectivity index (χ0v) is 14.3. The molecule has 0 saturated carbocycles. The highest BCUT2D eigenvalue weighted by molar-refractivity contribution is 14.1. The van der Waals surface area contributed by atoms with Gasteiger partial charge in [0.05, 0.1) is 11.1 Å². The number of hydrogen-bond donors (Lipinski definition) is 2. The third-order valence-electron chi connectivity index (χ3n) is 3.30. The molecule has 0 amide bonds. The van der Waals surface area contributed by atoms with Gasteiger partial charge in [0.1, 0.15) is 0 Å². The lowest BCUT2D eigenvalue weighted by Gasteiger charge is -2.18. The number of aryl methyl sites for hydroxylation is 1. The van der Waals surface area contributed by atoms with Gasteiger partial charge in [0.15, 0.2) is 0 Å². The number of hydrogen-bond acceptors (Lipinski definition) is 2. The van der Waals surface area contributed by atoms with E-state index in [4.69, 9.17) is 17.4 Å². The number of nitrogens with one attached hydrogen (secondary N) is 1. The molecule has 0 aliphatic carbocycles. The third-order valence-corrected chi connectivity index (χ3v) is 4.87. The summed E-state index contributed by atoms with van der Waals surface area (Å²) in [7, 11) is 0. The summed E-state index contributed by atoms with van der Waals surface area (Å²) in [6.07, 6.45) is 2.26. The lowest BCUT2D eigenvalue weighted by molar-refractivity contribution is 0.636. The maximum absolute atomic E-state index is 6.19. The van der Waals surface area contributed by atoms with E-state index < -0.39 is 0 Å². The average molecular weight is 401 g/mol. The second-order valence-electron chi connectivity index (χ2n) is 4.76. The summed E-state index contributed by atoms with van der Waals surface area (Å²) < 4.78 is 1.04. The molecule has 0 saturated heterocycles. The standard InChI is InChI=1S/C16H18ClIN2/c1-2-3-11-4-6-12(7-5-11)16(20-19)13-8-9-15(18)14(17)10-13/h4-10,16,20H,2-3,19H2,1H3. The number of rotatable bonds is 5. The number of hydrazine groups is 1. The summed E-state index contributed by atoms with van der Waals surface area (Å²) in [4.78, 5) is 0. The van der Waals surface area contributed by atoms with Crippen LogP contribution in [0.5, 0.6) is 0 Å². The molecule has 0 radical (unpaired) electrons. The van der Waals surface area contributed by atoms with Crippen LogP contribution in [-0.2, 0) is 6.42 Å². The van der Waals surface area contributed by atoms with Crippen LogP contribution in [0.3, 0.4) is 0 Å². The van der Waals surface area contributed by atoms with E-state index in [2.05, 4.69) is 65.3 Å². The molecular formula is C16H18ClIN2. The van der Waals surface area contributed by atoms with Gasteiger partial charge in [0, 0.05) is 3.57 Å². The van der Waals surface area contributed by atoms with Crippen LogP contribution in [-0.4, -0.2) is 0 Å². The minimum Gasteiger partial charge on any atom is -0.271 e. The predicted octanol–water partition coefficient (Wildman–Crippen LogP) is 4.45. The summed E-state index contributed by atoms with van der Waals surface area (Å²) >= 11 is 8.41. The molecule has 2 aromatic carbocycles. The minimum atomic E-state index is -0.0415. The fourth-order valence-electron chi connectivity index (χ4n) is 2.24. The Kier molecular flexibility index (Phi) is 5.84. The molecule has 1 atom stereocenters. The molecule has 106 valence electrons. The maximum atomic E-state index is 6.19. The van der Waals surface area contributed by atoms with E-state index in [1.165, 1.54) is 5.56 Å². The lowest BCUT2D eigenvalue weighted by Crippen LogP contribution is -2.28. The quantitative estimate of drug-likeness (QED) is 0.442. The van der Waals surface area contributed by atoms with Crippen molar-refractivity contribution < 1.29 is 0 Å². The van der Waals surface area contributed by atoms with Crippen LogP contribution in [0, 0.1) is 3.57 Å². The van der Waals surface area contributed by atoms with Crippen LogP contribution < -0.4 is 11.3 Å². The third kappa shape index (κ3) is 3.73. The van der Waals surface area contributed by atoms with Crippen LogP contribution in [0.4, 0.5) is 0 Å². The molecule has 0 heterocycles. The van der Waals surface area contributed by atoms with Gasteiger partial charge >= 0.3 is 0 Å². The van der Waals surface area contributed by atoms with Crippen LogP contribution in [0.2, 0.25) is 5.02 Å². The van der Waals surface area contributed by atoms with Crippen molar-refractivity contribution in [1.82, 2.24) is 5.43 Å². The molecule has 20 heavy (non-hydrogen) atoms. The normalized spacial score (nSPS) is 12.4. The number of benzene rings is 2.